The maximum absolute atomic E-state index is 11.0. The number of ether oxygens (including phenoxy) is 1. The molecule has 1 saturated heterocycles. The molecule has 6 heteroatoms. The minimum Gasteiger partial charge on any atom is -0.489 e. The molecule has 0 spiro atoms. The Balaban J connectivity index is 1.53. The predicted octanol–water partition coefficient (Wildman–Crippen LogP) is 2.82. The second-order valence-corrected chi connectivity index (χ2v) is 5.79. The van der Waals surface area contributed by atoms with Crippen molar-refractivity contribution in [1.82, 2.24) is 5.32 Å². The van der Waals surface area contributed by atoms with Gasteiger partial charge in [-0.15, -0.1) is 5.10 Å². The van der Waals surface area contributed by atoms with E-state index >= 15 is 0 Å². The van der Waals surface area contributed by atoms with E-state index in [4.69, 9.17) is 4.74 Å². The maximum atomic E-state index is 11.0. The molecule has 2 aromatic rings. The summed E-state index contributed by atoms with van der Waals surface area (Å²) in [6.45, 7) is 0.541. The van der Waals surface area contributed by atoms with Gasteiger partial charge in [0.1, 0.15) is 12.4 Å². The predicted molar refractivity (Wildman–Crippen MR) is 92.8 cm³/mol. The first-order valence-corrected chi connectivity index (χ1v) is 8.08. The average Bonchev–Trinajstić information content (AvgIpc) is 3.00. The number of hydrogen-bond acceptors (Lipinski definition) is 5. The van der Waals surface area contributed by atoms with Crippen LogP contribution >= 0.6 is 11.8 Å². The SMILES string of the molecule is O=C1CS/C(=N\N=C/c2ccc(OCc3ccccc3)cc2)N1. The van der Waals surface area contributed by atoms with Crippen LogP contribution in [0.25, 0.3) is 0 Å². The molecule has 0 radical (unpaired) electrons. The van der Waals surface area contributed by atoms with Gasteiger partial charge in [-0.05, 0) is 35.4 Å². The van der Waals surface area contributed by atoms with Crippen LogP contribution in [0.1, 0.15) is 11.1 Å². The van der Waals surface area contributed by atoms with E-state index in [0.717, 1.165) is 16.9 Å². The van der Waals surface area contributed by atoms with Crippen LogP contribution in [0.5, 0.6) is 5.75 Å². The minimum atomic E-state index is -0.0381. The van der Waals surface area contributed by atoms with Crippen LogP contribution in [0.4, 0.5) is 0 Å². The molecule has 1 N–H and O–H groups in total. The highest BCUT2D eigenvalue weighted by atomic mass is 32.2. The number of rotatable bonds is 5. The lowest BCUT2D eigenvalue weighted by molar-refractivity contribution is -0.116. The van der Waals surface area contributed by atoms with Gasteiger partial charge in [0.2, 0.25) is 5.91 Å². The van der Waals surface area contributed by atoms with Crippen molar-refractivity contribution in [3.63, 3.8) is 0 Å². The molecule has 2 aromatic carbocycles. The van der Waals surface area contributed by atoms with Crippen LogP contribution in [-0.2, 0) is 11.4 Å². The van der Waals surface area contributed by atoms with Gasteiger partial charge >= 0.3 is 0 Å². The normalized spacial score (nSPS) is 16.0. The molecule has 0 atom stereocenters. The van der Waals surface area contributed by atoms with E-state index in [1.807, 2.05) is 54.6 Å². The van der Waals surface area contributed by atoms with Crippen molar-refractivity contribution in [3.05, 3.63) is 65.7 Å². The van der Waals surface area contributed by atoms with Crippen molar-refractivity contribution in [2.45, 2.75) is 6.61 Å². The number of hydrogen-bond donors (Lipinski definition) is 1. The first kappa shape index (κ1) is 15.3. The second kappa shape index (κ2) is 7.60. The van der Waals surface area contributed by atoms with Crippen LogP contribution in [0.2, 0.25) is 0 Å². The average molecular weight is 325 g/mol. The number of thioether (sulfide) groups is 1. The van der Waals surface area contributed by atoms with Gasteiger partial charge in [0.25, 0.3) is 0 Å². The van der Waals surface area contributed by atoms with E-state index in [9.17, 15) is 4.79 Å². The van der Waals surface area contributed by atoms with Crippen molar-refractivity contribution in [3.8, 4) is 5.75 Å². The summed E-state index contributed by atoms with van der Waals surface area (Å²) in [5.41, 5.74) is 2.04. The van der Waals surface area contributed by atoms with E-state index in [0.29, 0.717) is 17.5 Å². The van der Waals surface area contributed by atoms with Crippen LogP contribution < -0.4 is 10.1 Å². The molecule has 116 valence electrons. The summed E-state index contributed by atoms with van der Waals surface area (Å²) in [7, 11) is 0. The number of nitrogens with zero attached hydrogens (tertiary/aromatic N) is 2. The molecule has 1 fully saturated rings. The Morgan fingerprint density at radius 2 is 1.91 bits per heavy atom. The minimum absolute atomic E-state index is 0.0381. The fraction of sp³-hybridized carbons (Fsp3) is 0.118. The van der Waals surface area contributed by atoms with E-state index in [-0.39, 0.29) is 5.91 Å². The third-order valence-electron chi connectivity index (χ3n) is 3.07. The summed E-state index contributed by atoms with van der Waals surface area (Å²) >= 11 is 1.35. The number of carbonyl (C=O) groups excluding carboxylic acids is 1. The monoisotopic (exact) mass is 325 g/mol. The van der Waals surface area contributed by atoms with Gasteiger partial charge in [0, 0.05) is 0 Å². The number of amides is 1. The Bertz CT molecular complexity index is 727. The van der Waals surface area contributed by atoms with Gasteiger partial charge in [0.15, 0.2) is 5.17 Å². The lowest BCUT2D eigenvalue weighted by Crippen LogP contribution is -2.19. The fourth-order valence-corrected chi connectivity index (χ4v) is 2.55. The first-order chi connectivity index (χ1) is 11.3. The number of nitrogens with one attached hydrogen (secondary N) is 1. The Morgan fingerprint density at radius 1 is 1.13 bits per heavy atom. The largest absolute Gasteiger partial charge is 0.489 e. The zero-order valence-corrected chi connectivity index (χ0v) is 13.1. The zero-order chi connectivity index (χ0) is 15.9. The third kappa shape index (κ3) is 4.69. The maximum Gasteiger partial charge on any atom is 0.236 e. The molecule has 3 rings (SSSR count). The fourth-order valence-electron chi connectivity index (χ4n) is 1.92. The molecule has 1 aliphatic heterocycles. The number of carbonyl (C=O) groups is 1. The van der Waals surface area contributed by atoms with Crippen molar-refractivity contribution in [1.29, 1.82) is 0 Å². The number of amidine groups is 1. The molecule has 1 amide bonds. The molecule has 23 heavy (non-hydrogen) atoms. The summed E-state index contributed by atoms with van der Waals surface area (Å²) in [5, 5.41) is 11.1. The van der Waals surface area contributed by atoms with Crippen LogP contribution in [0.15, 0.2) is 64.8 Å². The molecule has 0 saturated carbocycles. The smallest absolute Gasteiger partial charge is 0.236 e. The zero-order valence-electron chi connectivity index (χ0n) is 12.3. The van der Waals surface area contributed by atoms with E-state index < -0.39 is 0 Å². The van der Waals surface area contributed by atoms with Crippen LogP contribution in [-0.4, -0.2) is 23.0 Å². The summed E-state index contributed by atoms with van der Waals surface area (Å²) < 4.78 is 5.72. The summed E-state index contributed by atoms with van der Waals surface area (Å²) in [4.78, 5) is 11.0. The highest BCUT2D eigenvalue weighted by molar-refractivity contribution is 8.15. The Morgan fingerprint density at radius 3 is 2.61 bits per heavy atom. The van der Waals surface area contributed by atoms with Crippen molar-refractivity contribution < 1.29 is 9.53 Å². The van der Waals surface area contributed by atoms with Gasteiger partial charge in [-0.3, -0.25) is 4.79 Å². The van der Waals surface area contributed by atoms with E-state index in [1.54, 1.807) is 6.21 Å². The Hall–Kier alpha value is -2.60. The molecule has 0 aromatic heterocycles. The van der Waals surface area contributed by atoms with Crippen LogP contribution in [0, 0.1) is 0 Å². The van der Waals surface area contributed by atoms with Gasteiger partial charge < -0.3 is 10.1 Å². The lowest BCUT2D eigenvalue weighted by atomic mass is 10.2. The molecular formula is C17H15N3O2S. The van der Waals surface area contributed by atoms with Gasteiger partial charge in [0.05, 0.1) is 12.0 Å². The summed E-state index contributed by atoms with van der Waals surface area (Å²) in [6.07, 6.45) is 1.64. The van der Waals surface area contributed by atoms with E-state index in [2.05, 4.69) is 15.5 Å². The lowest BCUT2D eigenvalue weighted by Gasteiger charge is -2.06. The topological polar surface area (TPSA) is 63.0 Å². The molecule has 1 aliphatic rings. The van der Waals surface area contributed by atoms with Crippen molar-refractivity contribution in [2.75, 3.05) is 5.75 Å². The van der Waals surface area contributed by atoms with Gasteiger partial charge in [-0.1, -0.05) is 42.1 Å². The number of benzene rings is 2. The van der Waals surface area contributed by atoms with E-state index in [1.165, 1.54) is 11.8 Å². The molecule has 5 nitrogen and oxygen atoms in total. The molecule has 0 bridgehead atoms. The van der Waals surface area contributed by atoms with Gasteiger partial charge in [-0.25, -0.2) is 0 Å². The standard InChI is InChI=1S/C17H15N3O2S/c21-16-12-23-17(19-16)20-18-10-13-6-8-15(9-7-13)22-11-14-4-2-1-3-5-14/h1-10H,11-12H2,(H,19,20,21)/b18-10-. The molecule has 0 aliphatic carbocycles. The summed E-state index contributed by atoms with van der Waals surface area (Å²) in [5.74, 6) is 1.17. The Kier molecular flexibility index (Phi) is 5.06. The molecule has 0 unspecified atom stereocenters. The van der Waals surface area contributed by atoms with Crippen LogP contribution in [0.3, 0.4) is 0 Å². The third-order valence-corrected chi connectivity index (χ3v) is 3.93. The second-order valence-electron chi connectivity index (χ2n) is 4.83. The van der Waals surface area contributed by atoms with Crippen molar-refractivity contribution in [2.24, 2.45) is 10.2 Å². The Labute approximate surface area is 138 Å². The highest BCUT2D eigenvalue weighted by Crippen LogP contribution is 2.14. The quantitative estimate of drug-likeness (QED) is 0.679. The highest BCUT2D eigenvalue weighted by Gasteiger charge is 2.15. The first-order valence-electron chi connectivity index (χ1n) is 7.10. The van der Waals surface area contributed by atoms with Gasteiger partial charge in [-0.2, -0.15) is 5.10 Å². The van der Waals surface area contributed by atoms with Crippen molar-refractivity contribution >= 4 is 29.1 Å². The summed E-state index contributed by atoms with van der Waals surface area (Å²) in [6, 6.07) is 17.6. The molecular weight excluding hydrogens is 310 g/mol. The molecule has 1 heterocycles.